The fourth-order valence-electron chi connectivity index (χ4n) is 7.83. The van der Waals surface area contributed by atoms with Crippen molar-refractivity contribution in [3.8, 4) is 23.3 Å². The molecule has 0 aliphatic carbocycles. The number of para-hydroxylation sites is 1. The third-order valence-corrected chi connectivity index (χ3v) is 12.2. The standard InChI is InChI=1S/C43H31N3OS2.CH4/c1-42(2,3)37-31(43(4,5)47-39(37)26(22-44)23-45)20-17-27-21-33-40(48-27)36-35-28(24-11-7-6-8-12-24)18-15-25-16-19-30-29-13-9-10-14-32(29)46(41(36)49-33)38(30)34(25)35;/h6-21H,1-5H3;1H4/b20-17+;. The number of thiophene rings is 2. The maximum Gasteiger partial charge on any atom is 0.171 e. The zero-order valence-corrected chi connectivity index (χ0v) is 29.4. The molecule has 5 heterocycles. The molecule has 1 aliphatic rings. The largest absolute Gasteiger partial charge is 0.481 e. The first-order valence-corrected chi connectivity index (χ1v) is 18.0. The maximum absolute atomic E-state index is 9.74. The molecule has 4 nitrogen and oxygen atoms in total. The van der Waals surface area contributed by atoms with Crippen LogP contribution in [0.25, 0.3) is 74.8 Å². The van der Waals surface area contributed by atoms with E-state index < -0.39 is 5.60 Å². The Morgan fingerprint density at radius 1 is 0.820 bits per heavy atom. The Hall–Kier alpha value is -5.40. The van der Waals surface area contributed by atoms with Crippen LogP contribution in [-0.2, 0) is 4.74 Å². The first-order valence-electron chi connectivity index (χ1n) is 16.4. The lowest BCUT2D eigenvalue weighted by Gasteiger charge is -2.22. The summed E-state index contributed by atoms with van der Waals surface area (Å²) in [5, 5.41) is 27.2. The second-order valence-corrected chi connectivity index (χ2v) is 16.4. The predicted octanol–water partition coefficient (Wildman–Crippen LogP) is 13.0. The highest BCUT2D eigenvalue weighted by atomic mass is 32.1. The van der Waals surface area contributed by atoms with Gasteiger partial charge < -0.3 is 4.74 Å². The first-order chi connectivity index (χ1) is 23.6. The number of pyridine rings is 1. The van der Waals surface area contributed by atoms with E-state index in [-0.39, 0.29) is 18.4 Å². The van der Waals surface area contributed by atoms with E-state index in [9.17, 15) is 10.5 Å². The predicted molar refractivity (Wildman–Crippen MR) is 213 cm³/mol. The molecule has 0 atom stereocenters. The molecule has 9 rings (SSSR count). The van der Waals surface area contributed by atoms with Crippen molar-refractivity contribution in [2.75, 3.05) is 0 Å². The minimum atomic E-state index is -0.688. The fraction of sp³-hybridized carbons (Fsp3) is 0.182. The Balaban J connectivity index is 0.00000361. The van der Waals surface area contributed by atoms with E-state index in [0.717, 1.165) is 16.0 Å². The number of hydrogen-bond donors (Lipinski definition) is 0. The van der Waals surface area contributed by atoms with Gasteiger partial charge in [-0.1, -0.05) is 107 Å². The Bertz CT molecular complexity index is 2850. The van der Waals surface area contributed by atoms with Crippen molar-refractivity contribution in [3.05, 3.63) is 118 Å². The molecule has 6 heteroatoms. The molecule has 4 aromatic carbocycles. The van der Waals surface area contributed by atoms with Gasteiger partial charge in [0.05, 0.1) is 15.7 Å². The van der Waals surface area contributed by atoms with Crippen LogP contribution in [0.5, 0.6) is 0 Å². The van der Waals surface area contributed by atoms with Crippen LogP contribution in [0.2, 0.25) is 0 Å². The molecule has 0 bridgehead atoms. The Labute approximate surface area is 299 Å². The van der Waals surface area contributed by atoms with E-state index in [1.54, 1.807) is 0 Å². The van der Waals surface area contributed by atoms with Gasteiger partial charge in [-0.3, -0.25) is 4.40 Å². The van der Waals surface area contributed by atoms with Gasteiger partial charge in [0.1, 0.15) is 22.6 Å². The molecule has 1 aliphatic heterocycles. The molecular weight excluding hydrogens is 651 g/mol. The van der Waals surface area contributed by atoms with Crippen LogP contribution in [0.1, 0.15) is 46.9 Å². The lowest BCUT2D eigenvalue weighted by Crippen LogP contribution is -2.21. The lowest BCUT2D eigenvalue weighted by molar-refractivity contribution is 0.0938. The average molecular weight is 686 g/mol. The van der Waals surface area contributed by atoms with E-state index in [1.165, 1.54) is 68.7 Å². The van der Waals surface area contributed by atoms with Gasteiger partial charge in [-0.25, -0.2) is 0 Å². The molecule has 0 spiro atoms. The summed E-state index contributed by atoms with van der Waals surface area (Å²) >= 11 is 3.68. The molecule has 0 amide bonds. The average Bonchev–Trinajstić information content (AvgIpc) is 3.81. The molecule has 0 saturated heterocycles. The van der Waals surface area contributed by atoms with E-state index in [0.29, 0.717) is 5.76 Å². The molecular formula is C44H35N3OS2. The van der Waals surface area contributed by atoms with Crippen molar-refractivity contribution in [2.45, 2.75) is 47.6 Å². The van der Waals surface area contributed by atoms with Gasteiger partial charge in [-0.15, -0.1) is 22.7 Å². The molecule has 0 unspecified atom stereocenters. The van der Waals surface area contributed by atoms with Gasteiger partial charge >= 0.3 is 0 Å². The highest BCUT2D eigenvalue weighted by molar-refractivity contribution is 7.33. The van der Waals surface area contributed by atoms with Crippen molar-refractivity contribution in [1.82, 2.24) is 4.40 Å². The maximum atomic E-state index is 9.74. The summed E-state index contributed by atoms with van der Waals surface area (Å²) in [5.74, 6) is 0.397. The molecule has 0 radical (unpaired) electrons. The zero-order chi connectivity index (χ0) is 33.8. The third-order valence-electron chi connectivity index (χ3n) is 9.84. The summed E-state index contributed by atoms with van der Waals surface area (Å²) in [5.41, 5.74) is 5.87. The summed E-state index contributed by atoms with van der Waals surface area (Å²) in [6.07, 6.45) is 4.31. The molecule has 4 aromatic heterocycles. The number of fused-ring (bicyclic) bond motifs is 8. The van der Waals surface area contributed by atoms with E-state index in [4.69, 9.17) is 4.74 Å². The van der Waals surface area contributed by atoms with Crippen molar-refractivity contribution in [1.29, 1.82) is 10.5 Å². The molecule has 8 aromatic rings. The fourth-order valence-corrected chi connectivity index (χ4v) is 10.4. The number of nitriles is 2. The van der Waals surface area contributed by atoms with E-state index in [2.05, 4.69) is 134 Å². The number of aromatic nitrogens is 1. The highest BCUT2D eigenvalue weighted by Crippen LogP contribution is 2.52. The van der Waals surface area contributed by atoms with Gasteiger partial charge in [0.15, 0.2) is 11.3 Å². The van der Waals surface area contributed by atoms with Crippen LogP contribution >= 0.6 is 22.7 Å². The van der Waals surface area contributed by atoms with Crippen LogP contribution < -0.4 is 0 Å². The van der Waals surface area contributed by atoms with Gasteiger partial charge in [-0.2, -0.15) is 10.5 Å². The SMILES string of the molecule is C.CC(C)(C)C1=C(/C=C/c2cc3sc4c(c3s2)c2c(-c3ccccc3)ccc3ccc5c6ccccc6n4c5c32)C(C)(C)OC1=C(C#N)C#N. The number of rotatable bonds is 3. The summed E-state index contributed by atoms with van der Waals surface area (Å²) < 4.78 is 11.4. The summed E-state index contributed by atoms with van der Waals surface area (Å²) in [4.78, 5) is 2.42. The van der Waals surface area contributed by atoms with Crippen LogP contribution in [0.4, 0.5) is 0 Å². The first kappa shape index (κ1) is 31.8. The molecule has 50 heavy (non-hydrogen) atoms. The van der Waals surface area contributed by atoms with Crippen LogP contribution in [0, 0.1) is 28.1 Å². The van der Waals surface area contributed by atoms with E-state index >= 15 is 0 Å². The molecule has 0 fully saturated rings. The second kappa shape index (κ2) is 11.1. The van der Waals surface area contributed by atoms with Crippen LogP contribution in [0.15, 0.2) is 113 Å². The highest BCUT2D eigenvalue weighted by Gasteiger charge is 2.42. The van der Waals surface area contributed by atoms with Gasteiger partial charge in [0.25, 0.3) is 0 Å². The van der Waals surface area contributed by atoms with E-state index in [1.807, 2.05) is 36.5 Å². The second-order valence-electron chi connectivity index (χ2n) is 14.3. The number of benzene rings is 4. The monoisotopic (exact) mass is 685 g/mol. The smallest absolute Gasteiger partial charge is 0.171 e. The van der Waals surface area contributed by atoms with Crippen molar-refractivity contribution in [3.63, 3.8) is 0 Å². The zero-order valence-electron chi connectivity index (χ0n) is 27.8. The molecule has 244 valence electrons. The summed E-state index contributed by atoms with van der Waals surface area (Å²) in [7, 11) is 0. The summed E-state index contributed by atoms with van der Waals surface area (Å²) in [6, 6.07) is 35.1. The normalized spacial score (nSPS) is 14.8. The minimum Gasteiger partial charge on any atom is -0.481 e. The Morgan fingerprint density at radius 3 is 2.28 bits per heavy atom. The minimum absolute atomic E-state index is 0. The van der Waals surface area contributed by atoms with Crippen molar-refractivity contribution < 1.29 is 4.74 Å². The Kier molecular flexibility index (Phi) is 7.04. The third kappa shape index (κ3) is 4.39. The number of ether oxygens (including phenoxy) is 1. The number of nitrogens with zero attached hydrogens (tertiary/aromatic N) is 3. The Morgan fingerprint density at radius 2 is 1.54 bits per heavy atom. The van der Waals surface area contributed by atoms with Crippen molar-refractivity contribution >= 4 is 86.3 Å². The van der Waals surface area contributed by atoms with Gasteiger partial charge in [0, 0.05) is 47.7 Å². The van der Waals surface area contributed by atoms with Gasteiger partial charge in [0.2, 0.25) is 0 Å². The topological polar surface area (TPSA) is 61.2 Å². The number of allylic oxidation sites excluding steroid dienone is 2. The van der Waals surface area contributed by atoms with Crippen molar-refractivity contribution in [2.24, 2.45) is 5.41 Å². The quantitative estimate of drug-likeness (QED) is 0.174. The molecule has 0 saturated carbocycles. The lowest BCUT2D eigenvalue weighted by atomic mass is 9.79. The summed E-state index contributed by atoms with van der Waals surface area (Å²) in [6.45, 7) is 10.3. The van der Waals surface area contributed by atoms with Gasteiger partial charge in [-0.05, 0) is 54.0 Å². The molecule has 0 N–H and O–H groups in total. The number of hydrogen-bond acceptors (Lipinski definition) is 5. The van der Waals surface area contributed by atoms with Crippen LogP contribution in [-0.4, -0.2) is 10.0 Å². The van der Waals surface area contributed by atoms with Crippen LogP contribution in [0.3, 0.4) is 0 Å².